The van der Waals surface area contributed by atoms with Gasteiger partial charge in [-0.3, -0.25) is 10.2 Å². The monoisotopic (exact) mass is 521 g/mol. The van der Waals surface area contributed by atoms with Crippen molar-refractivity contribution < 1.29 is 22.8 Å². The van der Waals surface area contributed by atoms with E-state index in [1.165, 1.54) is 25.3 Å². The Balaban J connectivity index is 2.27. The Morgan fingerprint density at radius 1 is 1.12 bits per heavy atom. The molecule has 0 fully saturated rings. The number of nitrogens with zero attached hydrogens (tertiary/aromatic N) is 1. The quantitative estimate of drug-likeness (QED) is 0.342. The second kappa shape index (κ2) is 11.1. The van der Waals surface area contributed by atoms with Crippen LogP contribution in [-0.2, 0) is 0 Å². The highest BCUT2D eigenvalue weighted by molar-refractivity contribution is 6.48. The molecule has 0 aliphatic rings. The molecule has 0 radical (unpaired) electrons. The molecule has 33 heavy (non-hydrogen) atoms. The number of alkyl halides is 3. The minimum atomic E-state index is -4.60. The number of halogens is 6. The van der Waals surface area contributed by atoms with E-state index in [0.29, 0.717) is 17.7 Å². The number of hydrazine groups is 1. The summed E-state index contributed by atoms with van der Waals surface area (Å²) in [5.41, 5.74) is 3.50. The van der Waals surface area contributed by atoms with Crippen molar-refractivity contribution in [3.8, 4) is 0 Å². The largest absolute Gasteiger partial charge is 0.399 e. The maximum atomic E-state index is 13.7. The summed E-state index contributed by atoms with van der Waals surface area (Å²) in [7, 11) is 1.39. The summed E-state index contributed by atoms with van der Waals surface area (Å²) in [6, 6.07) is 6.30. The second-order valence-corrected chi connectivity index (χ2v) is 8.28. The molecule has 0 bridgehead atoms. The molecular formula is C22H21Cl3F3N3O2. The highest BCUT2D eigenvalue weighted by Crippen LogP contribution is 2.41. The molecule has 2 N–H and O–H groups in total. The zero-order chi connectivity index (χ0) is 24.9. The summed E-state index contributed by atoms with van der Waals surface area (Å²) in [6.45, 7) is 3.77. The van der Waals surface area contributed by atoms with Gasteiger partial charge in [-0.1, -0.05) is 59.1 Å². The molecule has 2 rings (SSSR count). The number of nitrogens with one attached hydrogen (secondary N) is 2. The molecule has 0 saturated carbocycles. The third-order valence-electron chi connectivity index (χ3n) is 4.60. The van der Waals surface area contributed by atoms with Crippen molar-refractivity contribution in [2.24, 2.45) is 0 Å². The van der Waals surface area contributed by atoms with Crippen LogP contribution in [-0.4, -0.2) is 36.7 Å². The van der Waals surface area contributed by atoms with Gasteiger partial charge in [0, 0.05) is 19.2 Å². The topological polar surface area (TPSA) is 61.4 Å². The average Bonchev–Trinajstić information content (AvgIpc) is 2.71. The van der Waals surface area contributed by atoms with Crippen LogP contribution in [0.5, 0.6) is 0 Å². The molecule has 5 nitrogen and oxygen atoms in total. The first-order chi connectivity index (χ1) is 15.3. The number of rotatable bonds is 5. The van der Waals surface area contributed by atoms with Crippen LogP contribution in [0.3, 0.4) is 0 Å². The number of urea groups is 1. The van der Waals surface area contributed by atoms with Crippen LogP contribution < -0.4 is 10.7 Å². The van der Waals surface area contributed by atoms with Crippen molar-refractivity contribution >= 4 is 52.8 Å². The Labute approximate surface area is 204 Å². The molecule has 178 valence electrons. The number of allylic oxidation sites excluding steroid dienone is 1. The van der Waals surface area contributed by atoms with Crippen molar-refractivity contribution in [2.45, 2.75) is 25.9 Å². The van der Waals surface area contributed by atoms with Gasteiger partial charge in [0.1, 0.15) is 0 Å². The van der Waals surface area contributed by atoms with Crippen LogP contribution in [0.1, 0.15) is 39.9 Å². The summed E-state index contributed by atoms with van der Waals surface area (Å²) in [5, 5.41) is 3.37. The SMILES string of the molecule is CCNC(=O)N(C)NC(=O)c1ccc(/C=C/C(c2cc(Cl)c(Cl)c(Cl)c2)C(F)(F)F)cc1C. The maximum absolute atomic E-state index is 13.7. The molecule has 1 atom stereocenters. The Kier molecular flexibility index (Phi) is 9.05. The average molecular weight is 523 g/mol. The molecule has 0 spiro atoms. The summed E-state index contributed by atoms with van der Waals surface area (Å²) in [4.78, 5) is 24.2. The van der Waals surface area contributed by atoms with E-state index >= 15 is 0 Å². The van der Waals surface area contributed by atoms with E-state index in [1.807, 2.05) is 0 Å². The minimum absolute atomic E-state index is 0.0192. The molecule has 0 aliphatic carbocycles. The molecule has 11 heteroatoms. The van der Waals surface area contributed by atoms with Crippen LogP contribution in [0.2, 0.25) is 15.1 Å². The highest BCUT2D eigenvalue weighted by Gasteiger charge is 2.39. The predicted octanol–water partition coefficient (Wildman–Crippen LogP) is 6.62. The summed E-state index contributed by atoms with van der Waals surface area (Å²) in [6.07, 6.45) is -2.33. The van der Waals surface area contributed by atoms with Crippen LogP contribution in [0.25, 0.3) is 6.08 Å². The van der Waals surface area contributed by atoms with E-state index in [9.17, 15) is 22.8 Å². The standard InChI is InChI=1S/C22H21Cl3F3N3O2/c1-4-29-21(33)31(3)30-20(32)15-7-5-13(9-12(15)2)6-8-16(22(26,27)28)14-10-17(23)19(25)18(24)11-14/h5-11,16H,4H2,1-3H3,(H,29,33)(H,30,32)/b8-6+. The number of benzene rings is 2. The Bertz CT molecular complexity index is 1050. The molecule has 1 unspecified atom stereocenters. The van der Waals surface area contributed by atoms with Crippen LogP contribution in [0.15, 0.2) is 36.4 Å². The number of hydrogen-bond acceptors (Lipinski definition) is 2. The van der Waals surface area contributed by atoms with Gasteiger partial charge in [0.05, 0.1) is 21.0 Å². The summed E-state index contributed by atoms with van der Waals surface area (Å²) >= 11 is 17.6. The molecule has 3 amide bonds. The van der Waals surface area contributed by atoms with Gasteiger partial charge in [-0.05, 0) is 48.7 Å². The van der Waals surface area contributed by atoms with Gasteiger partial charge in [-0.2, -0.15) is 13.2 Å². The molecule has 2 aromatic rings. The first-order valence-corrected chi connectivity index (χ1v) is 10.8. The van der Waals surface area contributed by atoms with E-state index in [4.69, 9.17) is 34.8 Å². The van der Waals surface area contributed by atoms with Gasteiger partial charge in [0.2, 0.25) is 0 Å². The van der Waals surface area contributed by atoms with Gasteiger partial charge in [-0.15, -0.1) is 0 Å². The normalized spacial score (nSPS) is 12.5. The lowest BCUT2D eigenvalue weighted by molar-refractivity contribution is -0.139. The minimum Gasteiger partial charge on any atom is -0.337 e. The zero-order valence-corrected chi connectivity index (χ0v) is 20.1. The fourth-order valence-electron chi connectivity index (χ4n) is 2.95. The first-order valence-electron chi connectivity index (χ1n) is 9.67. The highest BCUT2D eigenvalue weighted by atomic mass is 35.5. The Morgan fingerprint density at radius 2 is 1.73 bits per heavy atom. The molecule has 0 saturated heterocycles. The van der Waals surface area contributed by atoms with Gasteiger partial charge >= 0.3 is 12.2 Å². The van der Waals surface area contributed by atoms with Gasteiger partial charge in [-0.25, -0.2) is 9.80 Å². The lowest BCUT2D eigenvalue weighted by atomic mass is 9.96. The maximum Gasteiger partial charge on any atom is 0.399 e. The fraction of sp³-hybridized carbons (Fsp3) is 0.273. The van der Waals surface area contributed by atoms with Crippen molar-refractivity contribution in [1.82, 2.24) is 15.8 Å². The summed E-state index contributed by atoms with van der Waals surface area (Å²) < 4.78 is 41.1. The second-order valence-electron chi connectivity index (χ2n) is 7.09. The number of carbonyl (C=O) groups excluding carboxylic acids is 2. The number of aryl methyl sites for hydroxylation is 1. The Morgan fingerprint density at radius 3 is 2.24 bits per heavy atom. The van der Waals surface area contributed by atoms with Crippen molar-refractivity contribution in [3.05, 3.63) is 73.7 Å². The molecular weight excluding hydrogens is 502 g/mol. The Hall–Kier alpha value is -2.42. The lowest BCUT2D eigenvalue weighted by Crippen LogP contribution is -2.48. The van der Waals surface area contributed by atoms with Crippen LogP contribution >= 0.6 is 34.8 Å². The fourth-order valence-corrected chi connectivity index (χ4v) is 3.56. The van der Waals surface area contributed by atoms with Crippen molar-refractivity contribution in [1.29, 1.82) is 0 Å². The van der Waals surface area contributed by atoms with E-state index in [2.05, 4.69) is 10.7 Å². The first kappa shape index (κ1) is 26.8. The van der Waals surface area contributed by atoms with Crippen LogP contribution in [0, 0.1) is 6.92 Å². The van der Waals surface area contributed by atoms with Gasteiger partial charge in [0.25, 0.3) is 5.91 Å². The van der Waals surface area contributed by atoms with E-state index in [0.717, 1.165) is 23.2 Å². The smallest absolute Gasteiger partial charge is 0.337 e. The summed E-state index contributed by atoms with van der Waals surface area (Å²) in [5.74, 6) is -2.51. The molecule has 0 heterocycles. The van der Waals surface area contributed by atoms with Crippen molar-refractivity contribution in [3.63, 3.8) is 0 Å². The van der Waals surface area contributed by atoms with E-state index in [-0.39, 0.29) is 26.2 Å². The van der Waals surface area contributed by atoms with E-state index < -0.39 is 24.0 Å². The third kappa shape index (κ3) is 7.03. The van der Waals surface area contributed by atoms with Crippen molar-refractivity contribution in [2.75, 3.05) is 13.6 Å². The molecule has 0 aliphatic heterocycles. The molecule has 0 aromatic heterocycles. The third-order valence-corrected chi connectivity index (χ3v) is 5.79. The van der Waals surface area contributed by atoms with Gasteiger partial charge < -0.3 is 5.32 Å². The number of hydrogen-bond donors (Lipinski definition) is 2. The molecule has 2 aromatic carbocycles. The number of amides is 3. The zero-order valence-electron chi connectivity index (χ0n) is 17.9. The lowest BCUT2D eigenvalue weighted by Gasteiger charge is -2.19. The number of carbonyl (C=O) groups is 2. The van der Waals surface area contributed by atoms with Gasteiger partial charge in [0.15, 0.2) is 0 Å². The van der Waals surface area contributed by atoms with E-state index in [1.54, 1.807) is 19.9 Å². The van der Waals surface area contributed by atoms with Crippen LogP contribution in [0.4, 0.5) is 18.0 Å². The predicted molar refractivity (Wildman–Crippen MR) is 125 cm³/mol.